The number of nitrogens with zero attached hydrogens (tertiary/aromatic N) is 2. The van der Waals surface area contributed by atoms with E-state index in [4.69, 9.17) is 15.1 Å². The lowest BCUT2D eigenvalue weighted by atomic mass is 10.2. The fraction of sp³-hybridized carbons (Fsp3) is 0.667. The van der Waals surface area contributed by atoms with Crippen molar-refractivity contribution in [3.63, 3.8) is 0 Å². The SMILES string of the molecule is CC(C)(C)[Si](C)(C)OC(=C=[N-])C#N. The van der Waals surface area contributed by atoms with Crippen LogP contribution in [0.2, 0.25) is 18.1 Å². The van der Waals surface area contributed by atoms with Crippen molar-refractivity contribution in [2.75, 3.05) is 0 Å². The Morgan fingerprint density at radius 3 is 2.08 bits per heavy atom. The highest BCUT2D eigenvalue weighted by atomic mass is 28.4. The molecule has 0 saturated heterocycles. The summed E-state index contributed by atoms with van der Waals surface area (Å²) in [5.74, 6) is 1.63. The van der Waals surface area contributed by atoms with E-state index in [0.717, 1.165) is 0 Å². The highest BCUT2D eigenvalue weighted by Crippen LogP contribution is 2.37. The molecule has 0 aliphatic carbocycles. The molecule has 72 valence electrons. The van der Waals surface area contributed by atoms with E-state index in [0.29, 0.717) is 0 Å². The molecule has 3 nitrogen and oxygen atoms in total. The van der Waals surface area contributed by atoms with Crippen LogP contribution in [0.1, 0.15) is 20.8 Å². The third-order valence-electron chi connectivity index (χ3n) is 2.37. The van der Waals surface area contributed by atoms with Gasteiger partial charge < -0.3 is 9.84 Å². The van der Waals surface area contributed by atoms with Crippen LogP contribution in [-0.2, 0) is 4.43 Å². The largest absolute Gasteiger partial charge is 0.760 e. The molecular formula is C9H15N2OSi-. The molecule has 0 aliphatic heterocycles. The summed E-state index contributed by atoms with van der Waals surface area (Å²) in [6.07, 6.45) is 0. The first-order chi connectivity index (χ1) is 5.74. The van der Waals surface area contributed by atoms with Crippen LogP contribution in [0.15, 0.2) is 5.76 Å². The van der Waals surface area contributed by atoms with Crippen LogP contribution in [0.4, 0.5) is 0 Å². The van der Waals surface area contributed by atoms with Crippen LogP contribution in [0, 0.1) is 11.3 Å². The van der Waals surface area contributed by atoms with Gasteiger partial charge in [-0.05, 0) is 18.1 Å². The zero-order valence-electron chi connectivity index (χ0n) is 8.80. The highest BCUT2D eigenvalue weighted by Gasteiger charge is 2.39. The fourth-order valence-electron chi connectivity index (χ4n) is 0.479. The Labute approximate surface area is 80.7 Å². The maximum Gasteiger partial charge on any atom is 0.252 e. The molecule has 0 spiro atoms. The zero-order valence-corrected chi connectivity index (χ0v) is 9.80. The first-order valence-corrected chi connectivity index (χ1v) is 7.01. The van der Waals surface area contributed by atoms with Crippen molar-refractivity contribution in [1.29, 1.82) is 5.26 Å². The Bertz CT molecular complexity index is 277. The van der Waals surface area contributed by atoms with E-state index in [1.165, 1.54) is 0 Å². The Hall–Kier alpha value is -1.04. The van der Waals surface area contributed by atoms with Gasteiger partial charge in [0, 0.05) is 0 Å². The van der Waals surface area contributed by atoms with E-state index in [1.54, 1.807) is 11.9 Å². The molecule has 0 atom stereocenters. The van der Waals surface area contributed by atoms with Gasteiger partial charge in [-0.1, -0.05) is 20.8 Å². The first kappa shape index (κ1) is 12.0. The molecule has 0 amide bonds. The zero-order chi connectivity index (χ0) is 10.7. The minimum atomic E-state index is -1.99. The number of hydrogen-bond donors (Lipinski definition) is 0. The molecular weight excluding hydrogens is 180 g/mol. The van der Waals surface area contributed by atoms with E-state index in [2.05, 4.69) is 20.8 Å². The van der Waals surface area contributed by atoms with Crippen molar-refractivity contribution in [2.24, 2.45) is 0 Å². The van der Waals surface area contributed by atoms with Crippen LogP contribution >= 0.6 is 0 Å². The average Bonchev–Trinajstić information content (AvgIpc) is 1.98. The number of nitriles is 1. The van der Waals surface area contributed by atoms with Gasteiger partial charge in [-0.25, -0.2) is 5.87 Å². The molecule has 0 unspecified atom stereocenters. The van der Waals surface area contributed by atoms with Gasteiger partial charge in [0.2, 0.25) is 5.76 Å². The molecule has 0 heterocycles. The minimum absolute atomic E-state index is 0.0198. The molecule has 0 radical (unpaired) electrons. The minimum Gasteiger partial charge on any atom is -0.760 e. The summed E-state index contributed by atoms with van der Waals surface area (Å²) in [4.78, 5) is 0. The molecule has 0 rings (SSSR count). The quantitative estimate of drug-likeness (QED) is 0.294. The highest BCUT2D eigenvalue weighted by molar-refractivity contribution is 6.74. The topological polar surface area (TPSA) is 55.3 Å². The molecule has 0 bridgehead atoms. The Kier molecular flexibility index (Phi) is 3.47. The van der Waals surface area contributed by atoms with E-state index >= 15 is 0 Å². The molecule has 0 N–H and O–H groups in total. The van der Waals surface area contributed by atoms with Crippen molar-refractivity contribution in [3.8, 4) is 6.07 Å². The molecule has 13 heavy (non-hydrogen) atoms. The first-order valence-electron chi connectivity index (χ1n) is 4.11. The Balaban J connectivity index is 4.73. The second-order valence-corrected chi connectivity index (χ2v) is 9.14. The Morgan fingerprint density at radius 2 is 1.85 bits per heavy atom. The van der Waals surface area contributed by atoms with Crippen molar-refractivity contribution < 1.29 is 4.43 Å². The van der Waals surface area contributed by atoms with Gasteiger partial charge in [-0.15, -0.1) is 0 Å². The number of hydrogen-bond acceptors (Lipinski definition) is 2. The van der Waals surface area contributed by atoms with Crippen LogP contribution in [0.5, 0.6) is 0 Å². The summed E-state index contributed by atoms with van der Waals surface area (Å²) in [5.41, 5.74) is 0. The van der Waals surface area contributed by atoms with Crippen LogP contribution in [-0.4, -0.2) is 14.2 Å². The van der Waals surface area contributed by atoms with Gasteiger partial charge in [0.05, 0.1) is 0 Å². The normalized spacial score (nSPS) is 11.4. The lowest BCUT2D eigenvalue weighted by Crippen LogP contribution is -2.40. The van der Waals surface area contributed by atoms with E-state index < -0.39 is 8.32 Å². The standard InChI is InChI=1S/C9H15N2OSi/c1-9(2,3)13(4,5)12-8(6-10)7-11/h1-5H3/q-1. The molecule has 4 heteroatoms. The summed E-state index contributed by atoms with van der Waals surface area (Å²) in [6, 6.07) is 1.75. The molecule has 0 aromatic rings. The molecule has 0 aromatic heterocycles. The van der Waals surface area contributed by atoms with Crippen molar-refractivity contribution in [3.05, 3.63) is 11.2 Å². The van der Waals surface area contributed by atoms with Gasteiger partial charge in [0.15, 0.2) is 0 Å². The predicted molar refractivity (Wildman–Crippen MR) is 55.8 cm³/mol. The summed E-state index contributed by atoms with van der Waals surface area (Å²) in [7, 11) is -1.99. The maximum atomic E-state index is 8.54. The van der Waals surface area contributed by atoms with Crippen LogP contribution in [0.25, 0.3) is 5.41 Å². The lowest BCUT2D eigenvalue weighted by Gasteiger charge is -2.35. The lowest BCUT2D eigenvalue weighted by molar-refractivity contribution is 0.409. The third kappa shape index (κ3) is 3.06. The van der Waals surface area contributed by atoms with Crippen LogP contribution < -0.4 is 0 Å². The fourth-order valence-corrected chi connectivity index (χ4v) is 1.39. The van der Waals surface area contributed by atoms with Gasteiger partial charge in [0.1, 0.15) is 6.07 Å². The van der Waals surface area contributed by atoms with E-state index in [9.17, 15) is 0 Å². The molecule has 0 saturated carbocycles. The van der Waals surface area contributed by atoms with Gasteiger partial charge in [-0.2, -0.15) is 5.26 Å². The van der Waals surface area contributed by atoms with Crippen molar-refractivity contribution >= 4 is 14.2 Å². The van der Waals surface area contributed by atoms with E-state index in [-0.39, 0.29) is 10.8 Å². The monoisotopic (exact) mass is 195 g/mol. The molecule has 0 fully saturated rings. The Morgan fingerprint density at radius 1 is 1.38 bits per heavy atom. The molecule has 0 aliphatic rings. The van der Waals surface area contributed by atoms with Crippen LogP contribution in [0.3, 0.4) is 0 Å². The summed E-state index contributed by atoms with van der Waals surface area (Å²) in [6.45, 7) is 10.2. The van der Waals surface area contributed by atoms with Crippen molar-refractivity contribution in [2.45, 2.75) is 38.9 Å². The molecule has 0 aromatic carbocycles. The maximum absolute atomic E-state index is 8.54. The number of rotatable bonds is 2. The van der Waals surface area contributed by atoms with Gasteiger partial charge in [-0.3, -0.25) is 0 Å². The summed E-state index contributed by atoms with van der Waals surface area (Å²) >= 11 is 0. The summed E-state index contributed by atoms with van der Waals surface area (Å²) < 4.78 is 5.43. The van der Waals surface area contributed by atoms with Crippen molar-refractivity contribution in [1.82, 2.24) is 0 Å². The smallest absolute Gasteiger partial charge is 0.252 e. The average molecular weight is 195 g/mol. The predicted octanol–water partition coefficient (Wildman–Crippen LogP) is 2.65. The third-order valence-corrected chi connectivity index (χ3v) is 6.69. The van der Waals surface area contributed by atoms with E-state index in [1.807, 2.05) is 13.1 Å². The van der Waals surface area contributed by atoms with Gasteiger partial charge in [0.25, 0.3) is 8.32 Å². The van der Waals surface area contributed by atoms with Gasteiger partial charge >= 0.3 is 0 Å². The number of allylic oxidation sites excluding steroid dienone is 1. The second-order valence-electron chi connectivity index (χ2n) is 4.42. The summed E-state index contributed by atoms with van der Waals surface area (Å²) in [5, 5.41) is 17.1. The second kappa shape index (κ2) is 3.78.